The zero-order valence-electron chi connectivity index (χ0n) is 4.27. The van der Waals surface area contributed by atoms with Crippen molar-refractivity contribution < 1.29 is 22.7 Å². The van der Waals surface area contributed by atoms with E-state index < -0.39 is 21.8 Å². The van der Waals surface area contributed by atoms with E-state index in [1.165, 1.54) is 0 Å². The molecule has 0 atom stereocenters. The van der Waals surface area contributed by atoms with Gasteiger partial charge in [0.2, 0.25) is 0 Å². The van der Waals surface area contributed by atoms with Gasteiger partial charge in [-0.25, -0.2) is 0 Å². The Hall–Kier alpha value is -0.210. The number of hydrogen-bond donors (Lipinski definition) is 2. The minimum Gasteiger partial charge on any atom is -0.325 e. The van der Waals surface area contributed by atoms with Gasteiger partial charge in [-0.3, -0.25) is 4.55 Å². The average molecular weight is 155 g/mol. The van der Waals surface area contributed by atoms with Crippen molar-refractivity contribution in [3.05, 3.63) is 0 Å². The molecule has 0 saturated carbocycles. The van der Waals surface area contributed by atoms with E-state index in [1.54, 1.807) is 0 Å². The lowest BCUT2D eigenvalue weighted by atomic mass is 10.7. The second-order valence-corrected chi connectivity index (χ2v) is 3.10. The van der Waals surface area contributed by atoms with Crippen LogP contribution in [0.25, 0.3) is 0 Å². The van der Waals surface area contributed by atoms with E-state index in [-0.39, 0.29) is 0 Å². The molecular formula is C2H5NO5S. The molecule has 1 rings (SSSR count). The van der Waals surface area contributed by atoms with Crippen LogP contribution in [0.5, 0.6) is 0 Å². The van der Waals surface area contributed by atoms with Gasteiger partial charge in [0.25, 0.3) is 0 Å². The smallest absolute Gasteiger partial charge is 0.325 e. The second-order valence-electron chi connectivity index (χ2n) is 1.53. The van der Waals surface area contributed by atoms with E-state index in [9.17, 15) is 8.42 Å². The molecule has 7 heteroatoms. The topological polar surface area (TPSA) is 105 Å². The van der Waals surface area contributed by atoms with E-state index in [1.807, 2.05) is 0 Å². The highest BCUT2D eigenvalue weighted by Gasteiger charge is 2.60. The number of rotatable bonds is 2. The molecule has 0 spiro atoms. The Morgan fingerprint density at radius 3 is 2.00 bits per heavy atom. The summed E-state index contributed by atoms with van der Waals surface area (Å²) < 4.78 is 28.6. The molecule has 54 valence electrons. The summed E-state index contributed by atoms with van der Waals surface area (Å²) >= 11 is 0. The molecule has 9 heavy (non-hydrogen) atoms. The van der Waals surface area contributed by atoms with Gasteiger partial charge in [-0.1, -0.05) is 0 Å². The van der Waals surface area contributed by atoms with Gasteiger partial charge in [0, 0.05) is 0 Å². The van der Waals surface area contributed by atoms with Gasteiger partial charge in [0.1, 0.15) is 0 Å². The molecule has 1 fully saturated rings. The fourth-order valence-electron chi connectivity index (χ4n) is 0.306. The third-order valence-electron chi connectivity index (χ3n) is 0.912. The third-order valence-corrected chi connectivity index (χ3v) is 2.00. The molecule has 1 heterocycles. The Bertz CT molecular complexity index is 203. The fourth-order valence-corrected chi connectivity index (χ4v) is 0.722. The van der Waals surface area contributed by atoms with E-state index in [0.29, 0.717) is 0 Å². The van der Waals surface area contributed by atoms with Crippen LogP contribution in [0.4, 0.5) is 0 Å². The quantitative estimate of drug-likeness (QED) is 0.284. The molecule has 0 aromatic heterocycles. The average Bonchev–Trinajstić information content (AvgIpc) is 2.40. The van der Waals surface area contributed by atoms with Crippen molar-refractivity contribution in [2.24, 2.45) is 5.73 Å². The first kappa shape index (κ1) is 6.90. The first-order valence-corrected chi connectivity index (χ1v) is 3.50. The van der Waals surface area contributed by atoms with E-state index in [2.05, 4.69) is 9.78 Å². The van der Waals surface area contributed by atoms with Crippen LogP contribution in [0.2, 0.25) is 0 Å². The minimum atomic E-state index is -4.31. The summed E-state index contributed by atoms with van der Waals surface area (Å²) in [4.78, 5) is 7.89. The van der Waals surface area contributed by atoms with Gasteiger partial charge in [-0.2, -0.15) is 18.2 Å². The lowest BCUT2D eigenvalue weighted by molar-refractivity contribution is 0.0850. The highest BCUT2D eigenvalue weighted by atomic mass is 32.2. The summed E-state index contributed by atoms with van der Waals surface area (Å²) in [5, 5.41) is -1.97. The zero-order valence-corrected chi connectivity index (χ0v) is 5.09. The van der Waals surface area contributed by atoms with Gasteiger partial charge < -0.3 is 5.73 Å². The van der Waals surface area contributed by atoms with Gasteiger partial charge in [0.15, 0.2) is 0 Å². The molecule has 0 aromatic rings. The molecule has 0 aromatic carbocycles. The van der Waals surface area contributed by atoms with Gasteiger partial charge >= 0.3 is 15.2 Å². The molecule has 6 nitrogen and oxygen atoms in total. The molecule has 0 radical (unpaired) electrons. The SMILES string of the molecule is NCC1(S(=O)(=O)O)OO1. The van der Waals surface area contributed by atoms with Gasteiger partial charge in [-0.15, -0.1) is 0 Å². The summed E-state index contributed by atoms with van der Waals surface area (Å²) in [5.41, 5.74) is 4.87. The maximum atomic E-state index is 10.2. The van der Waals surface area contributed by atoms with E-state index in [4.69, 9.17) is 10.3 Å². The van der Waals surface area contributed by atoms with Crippen molar-refractivity contribution in [2.45, 2.75) is 5.12 Å². The highest BCUT2D eigenvalue weighted by molar-refractivity contribution is 7.87. The summed E-state index contributed by atoms with van der Waals surface area (Å²) in [6, 6.07) is 0. The van der Waals surface area contributed by atoms with Crippen LogP contribution in [0.1, 0.15) is 0 Å². The van der Waals surface area contributed by atoms with Crippen LogP contribution < -0.4 is 5.73 Å². The largest absolute Gasteiger partial charge is 0.368 e. The zero-order chi connectivity index (χ0) is 7.12. The maximum Gasteiger partial charge on any atom is 0.368 e. The molecule has 0 aliphatic carbocycles. The number of hydrogen-bond acceptors (Lipinski definition) is 5. The normalized spacial score (nSPS) is 23.8. The molecule has 1 aliphatic rings. The Morgan fingerprint density at radius 1 is 1.56 bits per heavy atom. The van der Waals surface area contributed by atoms with Crippen LogP contribution in [0.3, 0.4) is 0 Å². The predicted molar refractivity (Wildman–Crippen MR) is 25.5 cm³/mol. The fraction of sp³-hybridized carbons (Fsp3) is 1.00. The Morgan fingerprint density at radius 2 is 2.00 bits per heavy atom. The van der Waals surface area contributed by atoms with Crippen molar-refractivity contribution in [3.8, 4) is 0 Å². The molecule has 0 amide bonds. The van der Waals surface area contributed by atoms with Crippen molar-refractivity contribution in [1.29, 1.82) is 0 Å². The summed E-state index contributed by atoms with van der Waals surface area (Å²) in [6.45, 7) is -0.411. The Kier molecular flexibility index (Phi) is 1.26. The lowest BCUT2D eigenvalue weighted by Gasteiger charge is -1.95. The van der Waals surface area contributed by atoms with Crippen LogP contribution in [0, 0.1) is 0 Å². The predicted octanol–water partition coefficient (Wildman–Crippen LogP) is -1.55. The van der Waals surface area contributed by atoms with E-state index in [0.717, 1.165) is 0 Å². The van der Waals surface area contributed by atoms with Crippen molar-refractivity contribution in [2.75, 3.05) is 6.54 Å². The lowest BCUT2D eigenvalue weighted by Crippen LogP contribution is -2.32. The number of nitrogens with two attached hydrogens (primary N) is 1. The van der Waals surface area contributed by atoms with Crippen molar-refractivity contribution >= 4 is 10.1 Å². The van der Waals surface area contributed by atoms with Gasteiger partial charge in [-0.05, 0) is 0 Å². The first-order chi connectivity index (χ1) is 4.02. The maximum absolute atomic E-state index is 10.2. The highest BCUT2D eigenvalue weighted by Crippen LogP contribution is 2.32. The summed E-state index contributed by atoms with van der Waals surface area (Å²) in [5.74, 6) is 0. The minimum absolute atomic E-state index is 0.411. The van der Waals surface area contributed by atoms with Crippen LogP contribution in [-0.2, 0) is 19.9 Å². The second kappa shape index (κ2) is 1.64. The first-order valence-electron chi connectivity index (χ1n) is 2.06. The van der Waals surface area contributed by atoms with Crippen molar-refractivity contribution in [3.63, 3.8) is 0 Å². The Labute approximate surface area is 51.2 Å². The monoisotopic (exact) mass is 155 g/mol. The molecule has 1 saturated heterocycles. The summed E-state index contributed by atoms with van der Waals surface area (Å²) in [6.07, 6.45) is 0. The molecular weight excluding hydrogens is 150 g/mol. The molecule has 0 bridgehead atoms. The van der Waals surface area contributed by atoms with Crippen LogP contribution >= 0.6 is 0 Å². The van der Waals surface area contributed by atoms with Crippen molar-refractivity contribution in [1.82, 2.24) is 0 Å². The molecule has 0 unspecified atom stereocenters. The van der Waals surface area contributed by atoms with Gasteiger partial charge in [0.05, 0.1) is 6.54 Å². The Balaban J connectivity index is 2.85. The van der Waals surface area contributed by atoms with Crippen LogP contribution in [0.15, 0.2) is 0 Å². The third kappa shape index (κ3) is 0.926. The summed E-state index contributed by atoms with van der Waals surface area (Å²) in [7, 11) is -4.31. The standard InChI is InChI=1S/C2H5NO5S/c3-1-2(7-8-2)9(4,5)6/h1,3H2,(H,4,5,6). The van der Waals surface area contributed by atoms with E-state index >= 15 is 0 Å². The van der Waals surface area contributed by atoms with Crippen LogP contribution in [-0.4, -0.2) is 24.6 Å². The molecule has 3 N–H and O–H groups in total. The molecule has 1 aliphatic heterocycles.